The third-order valence-electron chi connectivity index (χ3n) is 0.995. The Hall–Kier alpha value is 0.421. The second-order valence-corrected chi connectivity index (χ2v) is 3.54. The van der Waals surface area contributed by atoms with Gasteiger partial charge in [0.15, 0.2) is 5.25 Å². The van der Waals surface area contributed by atoms with Crippen LogP contribution in [0.4, 0.5) is 0 Å². The minimum absolute atomic E-state index is 0. The average Bonchev–Trinajstić information content (AvgIpc) is 1.79. The molecule has 13 heavy (non-hydrogen) atoms. The summed E-state index contributed by atoms with van der Waals surface area (Å²) in [6.45, 7) is 0. The van der Waals surface area contributed by atoms with E-state index in [0.717, 1.165) is 0 Å². The van der Waals surface area contributed by atoms with Crippen molar-refractivity contribution in [1.82, 2.24) is 0 Å². The van der Waals surface area contributed by atoms with E-state index < -0.39 is 33.7 Å². The van der Waals surface area contributed by atoms with E-state index >= 15 is 0 Å². The zero-order chi connectivity index (χ0) is 9.94. The molecule has 0 saturated carbocycles. The fraction of sp³-hybridized carbons (Fsp3) is 0.500. The predicted octanol–water partition coefficient (Wildman–Crippen LogP) is -2.11. The van der Waals surface area contributed by atoms with E-state index in [9.17, 15) is 18.0 Å². The molecule has 1 unspecified atom stereocenters. The molecule has 0 aliphatic heterocycles. The number of rotatable bonds is 4. The molecule has 0 spiro atoms. The van der Waals surface area contributed by atoms with Crippen molar-refractivity contribution in [3.05, 3.63) is 0 Å². The molecule has 0 aromatic heterocycles. The first-order valence-electron chi connectivity index (χ1n) is 2.66. The Morgan fingerprint density at radius 2 is 1.62 bits per heavy atom. The van der Waals surface area contributed by atoms with Gasteiger partial charge >= 0.3 is 60.8 Å². The fourth-order valence-corrected chi connectivity index (χ4v) is 1.09. The molecule has 0 aromatic rings. The molecule has 3 N–H and O–H groups in total. The number of carbonyl (C=O) groups is 2. The molecule has 0 heterocycles. The summed E-state index contributed by atoms with van der Waals surface area (Å²) in [5, 5.41) is 13.9. The zero-order valence-corrected chi connectivity index (χ0v) is 6.48. The summed E-state index contributed by atoms with van der Waals surface area (Å²) in [6, 6.07) is 0. The Labute approximate surface area is 114 Å². The Kier molecular flexibility index (Phi) is 7.34. The van der Waals surface area contributed by atoms with Gasteiger partial charge in [0.2, 0.25) is 0 Å². The third kappa shape index (κ3) is 6.49. The van der Waals surface area contributed by atoms with Gasteiger partial charge in [-0.2, -0.15) is 8.42 Å². The normalized spacial score (nSPS) is 12.7. The van der Waals surface area contributed by atoms with Gasteiger partial charge in [-0.25, -0.2) is 0 Å². The molecule has 1 atom stereocenters. The molecule has 0 aromatic carbocycles. The second-order valence-electron chi connectivity index (χ2n) is 1.94. The average molecular weight is 337 g/mol. The van der Waals surface area contributed by atoms with Gasteiger partial charge in [-0.3, -0.25) is 14.1 Å². The molecule has 7 nitrogen and oxygen atoms in total. The van der Waals surface area contributed by atoms with Gasteiger partial charge in [0.1, 0.15) is 0 Å². The van der Waals surface area contributed by atoms with Crippen LogP contribution in [0.1, 0.15) is 6.42 Å². The molecule has 0 rings (SSSR count). The molecule has 9 heteroatoms. The molecule has 74 valence electrons. The van der Waals surface area contributed by atoms with Crippen LogP contribution in [0.2, 0.25) is 0 Å². The molecular formula is C4H8BaO7S. The number of aliphatic carboxylic acids is 2. The van der Waals surface area contributed by atoms with Crippen LogP contribution in [0.15, 0.2) is 0 Å². The third-order valence-corrected chi connectivity index (χ3v) is 2.08. The number of hydrogen-bond acceptors (Lipinski definition) is 4. The van der Waals surface area contributed by atoms with Crippen LogP contribution < -0.4 is 0 Å². The molecule has 0 aliphatic carbocycles. The summed E-state index contributed by atoms with van der Waals surface area (Å²) in [5.41, 5.74) is 0. The number of hydrogen-bond donors (Lipinski definition) is 3. The molecule has 0 saturated heterocycles. The van der Waals surface area contributed by atoms with E-state index in [0.29, 0.717) is 0 Å². The topological polar surface area (TPSA) is 129 Å². The van der Waals surface area contributed by atoms with Crippen LogP contribution in [0.3, 0.4) is 0 Å². The summed E-state index contributed by atoms with van der Waals surface area (Å²) in [7, 11) is -4.84. The predicted molar refractivity (Wildman–Crippen MR) is 43.8 cm³/mol. The van der Waals surface area contributed by atoms with Crippen LogP contribution in [0.5, 0.6) is 0 Å². The van der Waals surface area contributed by atoms with Crippen molar-refractivity contribution in [3.63, 3.8) is 0 Å². The van der Waals surface area contributed by atoms with Crippen LogP contribution >= 0.6 is 0 Å². The van der Waals surface area contributed by atoms with E-state index in [1.54, 1.807) is 0 Å². The van der Waals surface area contributed by atoms with E-state index in [2.05, 4.69) is 0 Å². The van der Waals surface area contributed by atoms with E-state index in [1.807, 2.05) is 0 Å². The summed E-state index contributed by atoms with van der Waals surface area (Å²) >= 11 is 0. The van der Waals surface area contributed by atoms with E-state index in [-0.39, 0.29) is 48.9 Å². The first kappa shape index (κ1) is 15.9. The van der Waals surface area contributed by atoms with Crippen LogP contribution in [0.25, 0.3) is 0 Å². The first-order valence-corrected chi connectivity index (χ1v) is 4.16. The molecule has 0 radical (unpaired) electrons. The van der Waals surface area contributed by atoms with Crippen LogP contribution in [0, 0.1) is 0 Å². The van der Waals surface area contributed by atoms with Gasteiger partial charge < -0.3 is 10.2 Å². The van der Waals surface area contributed by atoms with Crippen LogP contribution in [-0.4, -0.2) is 89.3 Å². The molecule has 0 fully saturated rings. The van der Waals surface area contributed by atoms with Crippen LogP contribution in [-0.2, 0) is 19.7 Å². The van der Waals surface area contributed by atoms with Crippen molar-refractivity contribution in [3.8, 4) is 0 Å². The zero-order valence-electron chi connectivity index (χ0n) is 5.67. The van der Waals surface area contributed by atoms with Crippen molar-refractivity contribution in [2.24, 2.45) is 0 Å². The molecule has 0 bridgehead atoms. The van der Waals surface area contributed by atoms with Crippen molar-refractivity contribution < 1.29 is 32.8 Å². The minimum atomic E-state index is -4.84. The van der Waals surface area contributed by atoms with Gasteiger partial charge in [-0.15, -0.1) is 0 Å². The second kappa shape index (κ2) is 6.01. The molecule has 0 amide bonds. The number of carboxylic acids is 2. The monoisotopic (exact) mass is 338 g/mol. The Balaban J connectivity index is 0. The van der Waals surface area contributed by atoms with E-state index in [1.165, 1.54) is 0 Å². The summed E-state index contributed by atoms with van der Waals surface area (Å²) in [4.78, 5) is 20.0. The maximum atomic E-state index is 10.2. The maximum absolute atomic E-state index is 10.2. The van der Waals surface area contributed by atoms with Gasteiger partial charge in [0.05, 0.1) is 6.42 Å². The standard InChI is InChI=1S/C4H6O7S.Ba.2H/c5-3(6)1-2(4(7)8)12(9,10)11;;;/h2H,1H2,(H,5,6)(H,7,8)(H,9,10,11);;;. The van der Waals surface area contributed by atoms with Crippen molar-refractivity contribution in [2.45, 2.75) is 11.7 Å². The Morgan fingerprint density at radius 3 is 1.69 bits per heavy atom. The van der Waals surface area contributed by atoms with Gasteiger partial charge in [-0.05, 0) is 0 Å². The quantitative estimate of drug-likeness (QED) is 0.395. The van der Waals surface area contributed by atoms with Gasteiger partial charge in [0, 0.05) is 0 Å². The first-order chi connectivity index (χ1) is 5.25. The summed E-state index contributed by atoms with van der Waals surface area (Å²) < 4.78 is 28.7. The molecule has 0 aliphatic rings. The van der Waals surface area contributed by atoms with Gasteiger partial charge in [-0.1, -0.05) is 0 Å². The summed E-state index contributed by atoms with van der Waals surface area (Å²) in [5.74, 6) is -3.50. The van der Waals surface area contributed by atoms with Crippen molar-refractivity contribution >= 4 is 70.9 Å². The van der Waals surface area contributed by atoms with Crippen molar-refractivity contribution in [2.75, 3.05) is 0 Å². The molecular weight excluding hydrogens is 329 g/mol. The van der Waals surface area contributed by atoms with Gasteiger partial charge in [0.25, 0.3) is 10.1 Å². The SMILES string of the molecule is O=C(O)CC(C(=O)O)S(=O)(=O)O.[BaH2]. The fourth-order valence-electron chi connectivity index (χ4n) is 0.479. The Morgan fingerprint density at radius 1 is 1.23 bits per heavy atom. The number of carboxylic acid groups (broad SMARTS) is 2. The Bertz CT molecular complexity index is 294. The summed E-state index contributed by atoms with van der Waals surface area (Å²) in [6.07, 6.45) is -1.16. The van der Waals surface area contributed by atoms with Crippen molar-refractivity contribution in [1.29, 1.82) is 0 Å². The van der Waals surface area contributed by atoms with E-state index in [4.69, 9.17) is 14.8 Å².